The van der Waals surface area contributed by atoms with Crippen LogP contribution in [0.2, 0.25) is 0 Å². The molecular formula is C12H19NS. The van der Waals surface area contributed by atoms with Crippen LogP contribution in [0, 0.1) is 0 Å². The topological polar surface area (TPSA) is 12.0 Å². The van der Waals surface area contributed by atoms with E-state index < -0.39 is 0 Å². The largest absolute Gasteiger partial charge is 0.314 e. The molecule has 0 spiro atoms. The fraction of sp³-hybridized carbons (Fsp3) is 0.500. The predicted octanol–water partition coefficient (Wildman–Crippen LogP) is 3.23. The Morgan fingerprint density at radius 3 is 3.14 bits per heavy atom. The molecule has 0 aliphatic heterocycles. The van der Waals surface area contributed by atoms with Gasteiger partial charge in [0, 0.05) is 17.5 Å². The van der Waals surface area contributed by atoms with E-state index >= 15 is 0 Å². The lowest BCUT2D eigenvalue weighted by Crippen LogP contribution is -2.27. The molecule has 0 aromatic carbocycles. The molecule has 78 valence electrons. The smallest absolute Gasteiger partial charge is 0.00578 e. The van der Waals surface area contributed by atoms with E-state index in [1.54, 1.807) is 0 Å². The van der Waals surface area contributed by atoms with E-state index in [0.29, 0.717) is 6.04 Å². The van der Waals surface area contributed by atoms with Crippen LogP contribution in [0.5, 0.6) is 0 Å². The molecule has 14 heavy (non-hydrogen) atoms. The van der Waals surface area contributed by atoms with Gasteiger partial charge in [-0.25, -0.2) is 0 Å². The molecular weight excluding hydrogens is 190 g/mol. The van der Waals surface area contributed by atoms with Crippen molar-refractivity contribution >= 4 is 11.3 Å². The number of hydrogen-bond acceptors (Lipinski definition) is 2. The van der Waals surface area contributed by atoms with Crippen LogP contribution in [0.4, 0.5) is 0 Å². The van der Waals surface area contributed by atoms with Crippen molar-refractivity contribution in [3.63, 3.8) is 0 Å². The average molecular weight is 209 g/mol. The fourth-order valence-corrected chi connectivity index (χ4v) is 2.08. The SMILES string of the molecule is C=CCC[C@@H](C)NCCc1cccs1. The molecule has 0 fully saturated rings. The van der Waals surface area contributed by atoms with Crippen LogP contribution in [0.15, 0.2) is 30.2 Å². The molecule has 2 heteroatoms. The van der Waals surface area contributed by atoms with Crippen molar-refractivity contribution in [2.45, 2.75) is 32.2 Å². The summed E-state index contributed by atoms with van der Waals surface area (Å²) in [4.78, 5) is 1.47. The molecule has 0 aliphatic carbocycles. The molecule has 0 unspecified atom stereocenters. The van der Waals surface area contributed by atoms with Gasteiger partial charge in [0.1, 0.15) is 0 Å². The average Bonchev–Trinajstić information content (AvgIpc) is 2.67. The Morgan fingerprint density at radius 2 is 2.50 bits per heavy atom. The standard InChI is InChI=1S/C12H19NS/c1-3-4-6-11(2)13-9-8-12-7-5-10-14-12/h3,5,7,10-11,13H,1,4,6,8-9H2,2H3/t11-/m1/s1. The fourth-order valence-electron chi connectivity index (χ4n) is 1.37. The first kappa shape index (κ1) is 11.5. The summed E-state index contributed by atoms with van der Waals surface area (Å²) in [5.41, 5.74) is 0. The molecule has 1 rings (SSSR count). The van der Waals surface area contributed by atoms with Gasteiger partial charge in [-0.15, -0.1) is 17.9 Å². The molecule has 0 radical (unpaired) electrons. The van der Waals surface area contributed by atoms with Gasteiger partial charge in [-0.2, -0.15) is 0 Å². The summed E-state index contributed by atoms with van der Waals surface area (Å²) in [5.74, 6) is 0. The van der Waals surface area contributed by atoms with Gasteiger partial charge in [0.2, 0.25) is 0 Å². The Bertz CT molecular complexity index is 241. The Balaban J connectivity index is 2.06. The number of rotatable bonds is 7. The van der Waals surface area contributed by atoms with Crippen molar-refractivity contribution in [1.82, 2.24) is 5.32 Å². The highest BCUT2D eigenvalue weighted by atomic mass is 32.1. The molecule has 1 aromatic heterocycles. The van der Waals surface area contributed by atoms with Crippen molar-refractivity contribution in [3.05, 3.63) is 35.0 Å². The summed E-state index contributed by atoms with van der Waals surface area (Å²) >= 11 is 1.84. The number of allylic oxidation sites excluding steroid dienone is 1. The molecule has 1 atom stereocenters. The molecule has 1 aromatic rings. The van der Waals surface area contributed by atoms with Gasteiger partial charge >= 0.3 is 0 Å². The molecule has 0 saturated heterocycles. The second-order valence-electron chi connectivity index (χ2n) is 3.55. The number of hydrogen-bond donors (Lipinski definition) is 1. The molecule has 1 heterocycles. The summed E-state index contributed by atoms with van der Waals surface area (Å²) in [5, 5.41) is 5.65. The minimum Gasteiger partial charge on any atom is -0.314 e. The van der Waals surface area contributed by atoms with Gasteiger partial charge in [0.25, 0.3) is 0 Å². The summed E-state index contributed by atoms with van der Waals surface area (Å²) in [6.45, 7) is 7.04. The van der Waals surface area contributed by atoms with Crippen LogP contribution in [-0.2, 0) is 6.42 Å². The second kappa shape index (κ2) is 6.80. The van der Waals surface area contributed by atoms with E-state index in [1.165, 1.54) is 11.3 Å². The maximum Gasteiger partial charge on any atom is 0.00578 e. The van der Waals surface area contributed by atoms with Crippen LogP contribution in [0.1, 0.15) is 24.6 Å². The Hall–Kier alpha value is -0.600. The summed E-state index contributed by atoms with van der Waals surface area (Å²) in [6, 6.07) is 4.91. The van der Waals surface area contributed by atoms with Crippen LogP contribution in [-0.4, -0.2) is 12.6 Å². The van der Waals surface area contributed by atoms with Crippen LogP contribution >= 0.6 is 11.3 Å². The van der Waals surface area contributed by atoms with E-state index in [1.807, 2.05) is 17.4 Å². The van der Waals surface area contributed by atoms with Gasteiger partial charge in [-0.05, 0) is 37.6 Å². The van der Waals surface area contributed by atoms with Crippen LogP contribution < -0.4 is 5.32 Å². The van der Waals surface area contributed by atoms with Crippen LogP contribution in [0.3, 0.4) is 0 Å². The highest BCUT2D eigenvalue weighted by molar-refractivity contribution is 7.09. The molecule has 0 aliphatic rings. The zero-order chi connectivity index (χ0) is 10.2. The first-order chi connectivity index (χ1) is 6.83. The summed E-state index contributed by atoms with van der Waals surface area (Å²) < 4.78 is 0. The summed E-state index contributed by atoms with van der Waals surface area (Å²) in [6.07, 6.45) is 5.43. The number of thiophene rings is 1. The van der Waals surface area contributed by atoms with Gasteiger partial charge in [0.15, 0.2) is 0 Å². The van der Waals surface area contributed by atoms with E-state index in [4.69, 9.17) is 0 Å². The molecule has 0 amide bonds. The maximum absolute atomic E-state index is 3.73. The molecule has 0 saturated carbocycles. The van der Waals surface area contributed by atoms with Crippen molar-refractivity contribution < 1.29 is 0 Å². The zero-order valence-corrected chi connectivity index (χ0v) is 9.65. The van der Waals surface area contributed by atoms with Crippen LogP contribution in [0.25, 0.3) is 0 Å². The quantitative estimate of drug-likeness (QED) is 0.680. The third kappa shape index (κ3) is 4.58. The van der Waals surface area contributed by atoms with E-state index in [2.05, 4.69) is 36.3 Å². The minimum atomic E-state index is 0.605. The van der Waals surface area contributed by atoms with Crippen molar-refractivity contribution in [1.29, 1.82) is 0 Å². The molecule has 1 N–H and O–H groups in total. The third-order valence-corrected chi connectivity index (χ3v) is 3.18. The summed E-state index contributed by atoms with van der Waals surface area (Å²) in [7, 11) is 0. The van der Waals surface area contributed by atoms with Crippen molar-refractivity contribution in [2.75, 3.05) is 6.54 Å². The van der Waals surface area contributed by atoms with Crippen molar-refractivity contribution in [2.24, 2.45) is 0 Å². The van der Waals surface area contributed by atoms with E-state index in [0.717, 1.165) is 19.4 Å². The molecule has 1 nitrogen and oxygen atoms in total. The first-order valence-corrected chi connectivity index (χ1v) is 6.07. The van der Waals surface area contributed by atoms with E-state index in [9.17, 15) is 0 Å². The number of nitrogens with one attached hydrogen (secondary N) is 1. The lowest BCUT2D eigenvalue weighted by atomic mass is 10.2. The lowest BCUT2D eigenvalue weighted by Gasteiger charge is -2.11. The minimum absolute atomic E-state index is 0.605. The van der Waals surface area contributed by atoms with Gasteiger partial charge < -0.3 is 5.32 Å². The zero-order valence-electron chi connectivity index (χ0n) is 8.83. The highest BCUT2D eigenvalue weighted by Gasteiger charge is 1.99. The lowest BCUT2D eigenvalue weighted by molar-refractivity contribution is 0.522. The Morgan fingerprint density at radius 1 is 1.64 bits per heavy atom. The maximum atomic E-state index is 3.73. The normalized spacial score (nSPS) is 12.6. The monoisotopic (exact) mass is 209 g/mol. The van der Waals surface area contributed by atoms with E-state index in [-0.39, 0.29) is 0 Å². The highest BCUT2D eigenvalue weighted by Crippen LogP contribution is 2.08. The second-order valence-corrected chi connectivity index (χ2v) is 4.58. The molecule has 0 bridgehead atoms. The first-order valence-electron chi connectivity index (χ1n) is 5.19. The van der Waals surface area contributed by atoms with Crippen molar-refractivity contribution in [3.8, 4) is 0 Å². The predicted molar refractivity (Wildman–Crippen MR) is 64.9 cm³/mol. The van der Waals surface area contributed by atoms with Gasteiger partial charge in [-0.3, -0.25) is 0 Å². The third-order valence-electron chi connectivity index (χ3n) is 2.25. The van der Waals surface area contributed by atoms with Gasteiger partial charge in [0.05, 0.1) is 0 Å². The Kier molecular flexibility index (Phi) is 5.57. The van der Waals surface area contributed by atoms with Gasteiger partial charge in [-0.1, -0.05) is 12.1 Å². The Labute approximate surface area is 90.9 Å².